The Morgan fingerprint density at radius 2 is 1.81 bits per heavy atom. The van der Waals surface area contributed by atoms with E-state index in [1.54, 1.807) is 0 Å². The molecule has 6 rings (SSSR count). The third kappa shape index (κ3) is 4.56. The van der Waals surface area contributed by atoms with Gasteiger partial charge in [0, 0.05) is 42.3 Å². The topological polar surface area (TPSA) is 90.4 Å². The SMILES string of the molecule is CC(C)(O)C1CCN(Cc2ccc3nc(-c4cccc5[nH]ccc45)nc(N4CCOCC4)c3n2)CC1. The summed E-state index contributed by atoms with van der Waals surface area (Å²) in [4.78, 5) is 23.2. The lowest BCUT2D eigenvalue weighted by atomic mass is 9.83. The van der Waals surface area contributed by atoms with Gasteiger partial charge in [-0.25, -0.2) is 15.0 Å². The normalized spacial score (nSPS) is 18.4. The molecule has 4 aromatic rings. The molecule has 8 heteroatoms. The highest BCUT2D eigenvalue weighted by Gasteiger charge is 2.30. The number of anilines is 1. The van der Waals surface area contributed by atoms with Crippen molar-refractivity contribution in [2.75, 3.05) is 44.3 Å². The first-order valence-corrected chi connectivity index (χ1v) is 13.0. The molecule has 8 nitrogen and oxygen atoms in total. The number of pyridine rings is 1. The number of fused-ring (bicyclic) bond motifs is 2. The number of H-pyrrole nitrogens is 1. The van der Waals surface area contributed by atoms with E-state index in [2.05, 4.69) is 45.1 Å². The van der Waals surface area contributed by atoms with Crippen molar-refractivity contribution in [3.05, 3.63) is 48.3 Å². The Balaban J connectivity index is 1.35. The Morgan fingerprint density at radius 1 is 1.00 bits per heavy atom. The average Bonchev–Trinajstić information content (AvgIpc) is 3.38. The van der Waals surface area contributed by atoms with Gasteiger partial charge in [-0.05, 0) is 70.0 Å². The molecule has 36 heavy (non-hydrogen) atoms. The van der Waals surface area contributed by atoms with Crippen LogP contribution in [0, 0.1) is 5.92 Å². The maximum absolute atomic E-state index is 10.4. The van der Waals surface area contributed by atoms with Gasteiger partial charge in [0.15, 0.2) is 11.6 Å². The number of morpholine rings is 1. The zero-order chi connectivity index (χ0) is 24.7. The monoisotopic (exact) mass is 486 g/mol. The fraction of sp³-hybridized carbons (Fsp3) is 0.464. The van der Waals surface area contributed by atoms with Crippen LogP contribution in [0.2, 0.25) is 0 Å². The van der Waals surface area contributed by atoms with E-state index >= 15 is 0 Å². The zero-order valence-electron chi connectivity index (χ0n) is 21.1. The van der Waals surface area contributed by atoms with Crippen LogP contribution in [-0.4, -0.2) is 74.9 Å². The van der Waals surface area contributed by atoms with Gasteiger partial charge in [0.25, 0.3) is 0 Å². The Labute approximate surface area is 211 Å². The smallest absolute Gasteiger partial charge is 0.162 e. The van der Waals surface area contributed by atoms with E-state index in [9.17, 15) is 5.11 Å². The molecule has 2 N–H and O–H groups in total. The number of nitrogens with zero attached hydrogens (tertiary/aromatic N) is 5. The Bertz CT molecular complexity index is 1360. The summed E-state index contributed by atoms with van der Waals surface area (Å²) in [6.07, 6.45) is 3.97. The first-order valence-electron chi connectivity index (χ1n) is 13.0. The van der Waals surface area contributed by atoms with Crippen molar-refractivity contribution < 1.29 is 9.84 Å². The number of aromatic nitrogens is 4. The molecule has 0 radical (unpaired) electrons. The molecule has 0 atom stereocenters. The van der Waals surface area contributed by atoms with E-state index in [1.807, 2.05) is 26.1 Å². The summed E-state index contributed by atoms with van der Waals surface area (Å²) in [7, 11) is 0. The summed E-state index contributed by atoms with van der Waals surface area (Å²) in [6, 6.07) is 12.5. The van der Waals surface area contributed by atoms with E-state index in [4.69, 9.17) is 19.7 Å². The molecule has 2 aliphatic rings. The quantitative estimate of drug-likeness (QED) is 0.441. The van der Waals surface area contributed by atoms with Crippen LogP contribution in [0.15, 0.2) is 42.6 Å². The minimum atomic E-state index is -0.611. The van der Waals surface area contributed by atoms with E-state index in [0.717, 1.165) is 90.4 Å². The number of rotatable bonds is 5. The fourth-order valence-electron chi connectivity index (χ4n) is 5.55. The summed E-state index contributed by atoms with van der Waals surface area (Å²) >= 11 is 0. The lowest BCUT2D eigenvalue weighted by molar-refractivity contribution is -0.0137. The summed E-state index contributed by atoms with van der Waals surface area (Å²) in [6.45, 7) is 9.54. The van der Waals surface area contributed by atoms with Crippen molar-refractivity contribution in [1.29, 1.82) is 0 Å². The van der Waals surface area contributed by atoms with Crippen molar-refractivity contribution in [1.82, 2.24) is 24.8 Å². The molecule has 0 unspecified atom stereocenters. The van der Waals surface area contributed by atoms with Crippen molar-refractivity contribution >= 4 is 27.8 Å². The lowest BCUT2D eigenvalue weighted by Crippen LogP contribution is -2.41. The number of ether oxygens (including phenoxy) is 1. The van der Waals surface area contributed by atoms with Gasteiger partial charge >= 0.3 is 0 Å². The van der Waals surface area contributed by atoms with Gasteiger partial charge in [-0.2, -0.15) is 0 Å². The number of hydrogen-bond acceptors (Lipinski definition) is 7. The molecular formula is C28H34N6O2. The number of hydrogen-bond donors (Lipinski definition) is 2. The first kappa shape index (κ1) is 23.3. The highest BCUT2D eigenvalue weighted by Crippen LogP contribution is 2.32. The Kier molecular flexibility index (Phi) is 6.11. The van der Waals surface area contributed by atoms with E-state index in [-0.39, 0.29) is 0 Å². The first-order chi connectivity index (χ1) is 17.5. The van der Waals surface area contributed by atoms with Crippen LogP contribution in [0.3, 0.4) is 0 Å². The van der Waals surface area contributed by atoms with Crippen molar-refractivity contribution in [2.24, 2.45) is 5.92 Å². The predicted molar refractivity (Wildman–Crippen MR) is 142 cm³/mol. The second-order valence-electron chi connectivity index (χ2n) is 10.6. The van der Waals surface area contributed by atoms with Crippen molar-refractivity contribution in [3.8, 4) is 11.4 Å². The van der Waals surface area contributed by atoms with Crippen molar-refractivity contribution in [2.45, 2.75) is 38.8 Å². The maximum Gasteiger partial charge on any atom is 0.162 e. The van der Waals surface area contributed by atoms with Crippen LogP contribution >= 0.6 is 0 Å². The van der Waals surface area contributed by atoms with E-state index in [0.29, 0.717) is 19.1 Å². The van der Waals surface area contributed by atoms with Gasteiger partial charge in [0.1, 0.15) is 5.52 Å². The van der Waals surface area contributed by atoms with Crippen LogP contribution in [-0.2, 0) is 11.3 Å². The highest BCUT2D eigenvalue weighted by molar-refractivity contribution is 5.95. The molecule has 0 bridgehead atoms. The van der Waals surface area contributed by atoms with E-state index < -0.39 is 5.60 Å². The summed E-state index contributed by atoms with van der Waals surface area (Å²) in [5.74, 6) is 1.95. The Hall–Kier alpha value is -3.07. The van der Waals surface area contributed by atoms with Crippen LogP contribution in [0.1, 0.15) is 32.4 Å². The zero-order valence-corrected chi connectivity index (χ0v) is 21.1. The minimum Gasteiger partial charge on any atom is -0.390 e. The van der Waals surface area contributed by atoms with E-state index in [1.165, 1.54) is 0 Å². The molecule has 5 heterocycles. The molecule has 1 aromatic carbocycles. The average molecular weight is 487 g/mol. The number of nitrogens with one attached hydrogen (secondary N) is 1. The molecule has 3 aromatic heterocycles. The summed E-state index contributed by atoms with van der Waals surface area (Å²) < 4.78 is 5.62. The Morgan fingerprint density at radius 3 is 2.58 bits per heavy atom. The third-order valence-electron chi connectivity index (χ3n) is 7.70. The molecule has 188 valence electrons. The van der Waals surface area contributed by atoms with Gasteiger partial charge in [0.05, 0.1) is 30.0 Å². The molecule has 0 spiro atoms. The molecule has 0 amide bonds. The molecule has 2 aliphatic heterocycles. The third-order valence-corrected chi connectivity index (χ3v) is 7.70. The maximum atomic E-state index is 10.4. The van der Waals surface area contributed by atoms with Gasteiger partial charge < -0.3 is 19.7 Å². The largest absolute Gasteiger partial charge is 0.390 e. The lowest BCUT2D eigenvalue weighted by Gasteiger charge is -2.37. The van der Waals surface area contributed by atoms with Crippen LogP contribution in [0.4, 0.5) is 5.82 Å². The van der Waals surface area contributed by atoms with Gasteiger partial charge in [-0.3, -0.25) is 4.90 Å². The fourth-order valence-corrected chi connectivity index (χ4v) is 5.55. The second kappa shape index (κ2) is 9.42. The highest BCUT2D eigenvalue weighted by atomic mass is 16.5. The number of piperidine rings is 1. The van der Waals surface area contributed by atoms with Crippen LogP contribution in [0.5, 0.6) is 0 Å². The molecular weight excluding hydrogens is 452 g/mol. The van der Waals surface area contributed by atoms with Crippen LogP contribution in [0.25, 0.3) is 33.3 Å². The number of aliphatic hydroxyl groups is 1. The van der Waals surface area contributed by atoms with Gasteiger partial charge in [0.2, 0.25) is 0 Å². The molecule has 0 aliphatic carbocycles. The minimum absolute atomic E-state index is 0.350. The number of likely N-dealkylation sites (tertiary alicyclic amines) is 1. The van der Waals surface area contributed by atoms with Gasteiger partial charge in [-0.1, -0.05) is 12.1 Å². The predicted octanol–water partition coefficient (Wildman–Crippen LogP) is 3.99. The number of aromatic amines is 1. The standard InChI is InChI=1S/C28H34N6O2/c1-28(2,35)19-9-12-33(13-10-19)18-20-6-7-24-25(30-20)27(34-14-16-36-17-15-34)32-26(31-24)22-4-3-5-23-21(22)8-11-29-23/h3-8,11,19,29,35H,9-10,12-18H2,1-2H3. The summed E-state index contributed by atoms with van der Waals surface area (Å²) in [5, 5.41) is 11.5. The second-order valence-corrected chi connectivity index (χ2v) is 10.6. The number of benzene rings is 1. The molecule has 2 fully saturated rings. The molecule has 2 saturated heterocycles. The van der Waals surface area contributed by atoms with Gasteiger partial charge in [-0.15, -0.1) is 0 Å². The van der Waals surface area contributed by atoms with Crippen molar-refractivity contribution in [3.63, 3.8) is 0 Å². The molecule has 0 saturated carbocycles. The van der Waals surface area contributed by atoms with Crippen LogP contribution < -0.4 is 4.90 Å². The summed E-state index contributed by atoms with van der Waals surface area (Å²) in [5.41, 5.74) is 4.22.